The van der Waals surface area contributed by atoms with Crippen LogP contribution in [0.25, 0.3) is 21.7 Å². The van der Waals surface area contributed by atoms with Gasteiger partial charge in [0.1, 0.15) is 11.5 Å². The van der Waals surface area contributed by atoms with Gasteiger partial charge in [0.2, 0.25) is 0 Å². The van der Waals surface area contributed by atoms with Crippen molar-refractivity contribution in [3.05, 3.63) is 46.2 Å². The number of nitrogens with two attached hydrogens (primary N) is 1. The van der Waals surface area contributed by atoms with Crippen LogP contribution in [-0.4, -0.2) is 14.3 Å². The first-order valence-electron chi connectivity index (χ1n) is 6.11. The monoisotopic (exact) mass is 286 g/mol. The summed E-state index contributed by atoms with van der Waals surface area (Å²) in [5, 5.41) is 6.45. The fourth-order valence-corrected chi connectivity index (χ4v) is 2.88. The van der Waals surface area contributed by atoms with Gasteiger partial charge in [-0.15, -0.1) is 11.3 Å². The zero-order valence-corrected chi connectivity index (χ0v) is 12.0. The molecule has 0 aliphatic heterocycles. The Labute approximate surface area is 119 Å². The second kappa shape index (κ2) is 4.64. The Morgan fingerprint density at radius 3 is 2.75 bits per heavy atom. The van der Waals surface area contributed by atoms with E-state index >= 15 is 0 Å². The number of hydrogen-bond acceptors (Lipinski definition) is 4. The van der Waals surface area contributed by atoms with Gasteiger partial charge in [-0.1, -0.05) is 6.07 Å². The molecule has 0 spiro atoms. The van der Waals surface area contributed by atoms with Crippen LogP contribution in [0.4, 0.5) is 5.82 Å². The van der Waals surface area contributed by atoms with E-state index < -0.39 is 0 Å². The fourth-order valence-electron chi connectivity index (χ4n) is 2.10. The Morgan fingerprint density at radius 1 is 1.30 bits per heavy atom. The summed E-state index contributed by atoms with van der Waals surface area (Å²) in [5.41, 5.74) is 8.46. The van der Waals surface area contributed by atoms with Gasteiger partial charge in [0, 0.05) is 36.8 Å². The van der Waals surface area contributed by atoms with E-state index in [-0.39, 0.29) is 5.56 Å². The summed E-state index contributed by atoms with van der Waals surface area (Å²) in [6.07, 6.45) is 1.74. The molecule has 0 aliphatic rings. The molecule has 0 unspecified atom stereocenters. The van der Waals surface area contributed by atoms with Crippen LogP contribution in [0.5, 0.6) is 0 Å². The lowest BCUT2D eigenvalue weighted by Gasteiger charge is -2.02. The third-order valence-corrected chi connectivity index (χ3v) is 4.12. The highest BCUT2D eigenvalue weighted by atomic mass is 32.1. The van der Waals surface area contributed by atoms with Gasteiger partial charge in [-0.05, 0) is 17.5 Å². The number of rotatable bonds is 2. The topological polar surface area (TPSA) is 65.8 Å². The summed E-state index contributed by atoms with van der Waals surface area (Å²) in [7, 11) is 3.52. The van der Waals surface area contributed by atoms with Crippen LogP contribution >= 0.6 is 11.3 Å². The predicted octanol–water partition coefficient (Wildman–Crippen LogP) is 2.10. The highest BCUT2D eigenvalue weighted by Crippen LogP contribution is 2.37. The molecule has 5 nitrogen and oxygen atoms in total. The second-order valence-electron chi connectivity index (χ2n) is 4.57. The van der Waals surface area contributed by atoms with E-state index in [1.54, 1.807) is 42.4 Å². The minimum Gasteiger partial charge on any atom is -0.383 e. The number of aromatic nitrogens is 3. The SMILES string of the molecule is Cn1nc(-c2ccn(C)c(=O)c2)c(-c2cccs2)c1N. The van der Waals surface area contributed by atoms with Crippen molar-refractivity contribution >= 4 is 17.2 Å². The van der Waals surface area contributed by atoms with Gasteiger partial charge < -0.3 is 10.3 Å². The molecule has 3 aromatic rings. The maximum Gasteiger partial charge on any atom is 0.250 e. The summed E-state index contributed by atoms with van der Waals surface area (Å²) < 4.78 is 3.17. The molecule has 0 saturated carbocycles. The Morgan fingerprint density at radius 2 is 2.10 bits per heavy atom. The van der Waals surface area contributed by atoms with Crippen LogP contribution in [-0.2, 0) is 14.1 Å². The normalized spacial score (nSPS) is 10.9. The predicted molar refractivity (Wildman–Crippen MR) is 81.6 cm³/mol. The van der Waals surface area contributed by atoms with Crippen molar-refractivity contribution in [1.82, 2.24) is 14.3 Å². The van der Waals surface area contributed by atoms with E-state index in [1.165, 1.54) is 4.57 Å². The maximum absolute atomic E-state index is 11.8. The van der Waals surface area contributed by atoms with Gasteiger partial charge >= 0.3 is 0 Å². The van der Waals surface area contributed by atoms with E-state index in [2.05, 4.69) is 5.10 Å². The quantitative estimate of drug-likeness (QED) is 0.784. The molecule has 0 fully saturated rings. The molecule has 0 amide bonds. The molecule has 0 atom stereocenters. The first kappa shape index (κ1) is 12.7. The van der Waals surface area contributed by atoms with Crippen molar-refractivity contribution in [3.8, 4) is 21.7 Å². The van der Waals surface area contributed by atoms with Gasteiger partial charge in [0.15, 0.2) is 0 Å². The summed E-state index contributed by atoms with van der Waals surface area (Å²) in [4.78, 5) is 12.8. The molecule has 3 rings (SSSR count). The summed E-state index contributed by atoms with van der Waals surface area (Å²) >= 11 is 1.60. The lowest BCUT2D eigenvalue weighted by molar-refractivity contribution is 0.781. The third-order valence-electron chi connectivity index (χ3n) is 3.24. The molecular weight excluding hydrogens is 272 g/mol. The number of anilines is 1. The van der Waals surface area contributed by atoms with Crippen LogP contribution in [0.2, 0.25) is 0 Å². The minimum atomic E-state index is -0.0659. The number of pyridine rings is 1. The summed E-state index contributed by atoms with van der Waals surface area (Å²) in [5.74, 6) is 0.600. The van der Waals surface area contributed by atoms with E-state index in [9.17, 15) is 4.79 Å². The van der Waals surface area contributed by atoms with Crippen molar-refractivity contribution < 1.29 is 0 Å². The van der Waals surface area contributed by atoms with E-state index in [0.29, 0.717) is 5.82 Å². The zero-order valence-electron chi connectivity index (χ0n) is 11.2. The Kier molecular flexibility index (Phi) is 2.94. The molecule has 0 aromatic carbocycles. The van der Waals surface area contributed by atoms with Gasteiger partial charge in [-0.2, -0.15) is 5.10 Å². The van der Waals surface area contributed by atoms with Crippen LogP contribution in [0.3, 0.4) is 0 Å². The standard InChI is InChI=1S/C14H14N4OS/c1-17-6-5-9(8-11(17)19)13-12(10-4-3-7-20-10)14(15)18(2)16-13/h3-8H,15H2,1-2H3. The Hall–Kier alpha value is -2.34. The van der Waals surface area contributed by atoms with Crippen LogP contribution in [0, 0.1) is 0 Å². The van der Waals surface area contributed by atoms with Gasteiger partial charge in [0.05, 0.1) is 5.56 Å². The fraction of sp³-hybridized carbons (Fsp3) is 0.143. The number of nitrogen functional groups attached to an aromatic ring is 1. The maximum atomic E-state index is 11.8. The Bertz CT molecular complexity index is 814. The number of thiophene rings is 1. The molecule has 3 heterocycles. The van der Waals surface area contributed by atoms with Crippen molar-refractivity contribution in [2.75, 3.05) is 5.73 Å². The van der Waals surface area contributed by atoms with E-state index in [4.69, 9.17) is 5.73 Å². The minimum absolute atomic E-state index is 0.0659. The van der Waals surface area contributed by atoms with E-state index in [1.807, 2.05) is 23.6 Å². The highest BCUT2D eigenvalue weighted by molar-refractivity contribution is 7.13. The lowest BCUT2D eigenvalue weighted by atomic mass is 10.1. The van der Waals surface area contributed by atoms with Crippen LogP contribution in [0.15, 0.2) is 40.6 Å². The van der Waals surface area contributed by atoms with Crippen molar-refractivity contribution in [1.29, 1.82) is 0 Å². The summed E-state index contributed by atoms with van der Waals surface area (Å²) in [6, 6.07) is 7.43. The van der Waals surface area contributed by atoms with Crippen molar-refractivity contribution in [2.24, 2.45) is 14.1 Å². The van der Waals surface area contributed by atoms with Crippen LogP contribution in [0.1, 0.15) is 0 Å². The molecule has 102 valence electrons. The van der Waals surface area contributed by atoms with E-state index in [0.717, 1.165) is 21.7 Å². The first-order chi connectivity index (χ1) is 9.58. The van der Waals surface area contributed by atoms with Gasteiger partial charge in [-0.25, -0.2) is 0 Å². The number of aryl methyl sites for hydroxylation is 2. The van der Waals surface area contributed by atoms with Crippen molar-refractivity contribution in [3.63, 3.8) is 0 Å². The lowest BCUT2D eigenvalue weighted by Crippen LogP contribution is -2.14. The summed E-state index contributed by atoms with van der Waals surface area (Å²) in [6.45, 7) is 0. The second-order valence-corrected chi connectivity index (χ2v) is 5.52. The van der Waals surface area contributed by atoms with Gasteiger partial charge in [-0.3, -0.25) is 9.48 Å². The number of nitrogens with zero attached hydrogens (tertiary/aromatic N) is 3. The first-order valence-corrected chi connectivity index (χ1v) is 6.99. The number of hydrogen-bond donors (Lipinski definition) is 1. The smallest absolute Gasteiger partial charge is 0.250 e. The molecule has 0 saturated heterocycles. The van der Waals surface area contributed by atoms with Gasteiger partial charge in [0.25, 0.3) is 5.56 Å². The van der Waals surface area contributed by atoms with Crippen molar-refractivity contribution in [2.45, 2.75) is 0 Å². The third kappa shape index (κ3) is 1.94. The molecule has 2 N–H and O–H groups in total. The molecule has 3 aromatic heterocycles. The Balaban J connectivity index is 2.26. The molecule has 20 heavy (non-hydrogen) atoms. The highest BCUT2D eigenvalue weighted by Gasteiger charge is 2.18. The molecule has 0 bridgehead atoms. The molecule has 0 aliphatic carbocycles. The zero-order chi connectivity index (χ0) is 14.3. The van der Waals surface area contributed by atoms with Crippen LogP contribution < -0.4 is 11.3 Å². The molecular formula is C14H14N4OS. The largest absolute Gasteiger partial charge is 0.383 e. The average Bonchev–Trinajstić information content (AvgIpc) is 3.03. The average molecular weight is 286 g/mol. The molecule has 6 heteroatoms. The molecule has 0 radical (unpaired) electrons.